The summed E-state index contributed by atoms with van der Waals surface area (Å²) in [4.78, 5) is 25.1. The van der Waals surface area contributed by atoms with Gasteiger partial charge in [-0.15, -0.1) is 22.7 Å². The van der Waals surface area contributed by atoms with Crippen molar-refractivity contribution in [2.45, 2.75) is 6.92 Å². The summed E-state index contributed by atoms with van der Waals surface area (Å²) in [6.07, 6.45) is 0. The molecule has 0 unspecified atom stereocenters. The minimum absolute atomic E-state index is 0.275. The molecule has 0 saturated carbocycles. The van der Waals surface area contributed by atoms with E-state index in [1.807, 2.05) is 24.3 Å². The van der Waals surface area contributed by atoms with Gasteiger partial charge in [0.1, 0.15) is 10.6 Å². The lowest BCUT2D eigenvalue weighted by molar-refractivity contribution is 0.0530. The van der Waals surface area contributed by atoms with E-state index in [1.54, 1.807) is 19.1 Å². The second-order valence-electron chi connectivity index (χ2n) is 4.58. The largest absolute Gasteiger partial charge is 0.462 e. The molecule has 0 bridgehead atoms. The van der Waals surface area contributed by atoms with E-state index in [-0.39, 0.29) is 12.5 Å². The number of thiophene rings is 2. The maximum absolute atomic E-state index is 12.3. The van der Waals surface area contributed by atoms with Crippen molar-refractivity contribution in [1.29, 1.82) is 0 Å². The van der Waals surface area contributed by atoms with Crippen molar-refractivity contribution in [1.82, 2.24) is 0 Å². The summed E-state index contributed by atoms with van der Waals surface area (Å²) < 4.78 is 6.58. The number of halogens is 1. The van der Waals surface area contributed by atoms with Crippen molar-refractivity contribution in [3.63, 3.8) is 0 Å². The summed E-state index contributed by atoms with van der Waals surface area (Å²) in [7, 11) is 0. The number of hydrogen-bond acceptors (Lipinski definition) is 5. The number of carbonyl (C=O) groups excluding carboxylic acids is 2. The highest BCUT2D eigenvalue weighted by Gasteiger charge is 2.22. The second kappa shape index (κ2) is 6.70. The summed E-state index contributed by atoms with van der Waals surface area (Å²) in [5, 5.41) is 4.06. The van der Waals surface area contributed by atoms with Crippen LogP contribution in [0.4, 0.5) is 5.00 Å². The number of nitrogens with one attached hydrogen (secondary N) is 1. The number of hydrogen-bond donors (Lipinski definition) is 1. The van der Waals surface area contributed by atoms with Gasteiger partial charge in [-0.25, -0.2) is 4.79 Å². The fourth-order valence-electron chi connectivity index (χ4n) is 2.14. The first-order chi connectivity index (χ1) is 11.1. The molecule has 3 rings (SSSR count). The average Bonchev–Trinajstić information content (AvgIpc) is 3.10. The Balaban J connectivity index is 2.00. The summed E-state index contributed by atoms with van der Waals surface area (Å²) in [6.45, 7) is 2.02. The van der Waals surface area contributed by atoms with Crippen LogP contribution in [0.1, 0.15) is 27.0 Å². The molecule has 4 nitrogen and oxygen atoms in total. The monoisotopic (exact) mass is 365 g/mol. The first kappa shape index (κ1) is 16.0. The number of esters is 1. The lowest BCUT2D eigenvalue weighted by atomic mass is 10.1. The van der Waals surface area contributed by atoms with Crippen LogP contribution in [0.25, 0.3) is 10.1 Å². The Morgan fingerprint density at radius 2 is 1.96 bits per heavy atom. The second-order valence-corrected chi connectivity index (χ2v) is 7.35. The molecule has 2 aromatic heterocycles. The van der Waals surface area contributed by atoms with Gasteiger partial charge < -0.3 is 10.1 Å². The molecule has 23 heavy (non-hydrogen) atoms. The molecular formula is C16H12ClNO3S2. The Morgan fingerprint density at radius 3 is 2.65 bits per heavy atom. The van der Waals surface area contributed by atoms with Crippen molar-refractivity contribution in [3.8, 4) is 0 Å². The highest BCUT2D eigenvalue weighted by atomic mass is 35.5. The number of benzene rings is 1. The van der Waals surface area contributed by atoms with Gasteiger partial charge in [-0.3, -0.25) is 4.79 Å². The van der Waals surface area contributed by atoms with Gasteiger partial charge in [0.25, 0.3) is 5.91 Å². The predicted octanol–water partition coefficient (Wildman–Crippen LogP) is 5.05. The fourth-order valence-corrected chi connectivity index (χ4v) is 4.16. The average molecular weight is 366 g/mol. The third-order valence-corrected chi connectivity index (χ3v) is 5.42. The van der Waals surface area contributed by atoms with E-state index in [0.29, 0.717) is 19.8 Å². The van der Waals surface area contributed by atoms with Crippen LogP contribution in [-0.2, 0) is 4.74 Å². The zero-order valence-electron chi connectivity index (χ0n) is 12.1. The Labute approximate surface area is 145 Å². The summed E-state index contributed by atoms with van der Waals surface area (Å²) in [5.74, 6) is -0.733. The van der Waals surface area contributed by atoms with Crippen molar-refractivity contribution >= 4 is 61.2 Å². The first-order valence-corrected chi connectivity index (χ1v) is 8.86. The highest BCUT2D eigenvalue weighted by Crippen LogP contribution is 2.36. The van der Waals surface area contributed by atoms with Crippen LogP contribution in [0.3, 0.4) is 0 Å². The number of ether oxygens (including phenoxy) is 1. The van der Waals surface area contributed by atoms with Crippen molar-refractivity contribution in [3.05, 3.63) is 51.2 Å². The predicted molar refractivity (Wildman–Crippen MR) is 95.1 cm³/mol. The third kappa shape index (κ3) is 3.24. The molecular weight excluding hydrogens is 354 g/mol. The zero-order valence-corrected chi connectivity index (χ0v) is 14.5. The molecule has 0 atom stereocenters. The zero-order chi connectivity index (χ0) is 16.4. The lowest BCUT2D eigenvalue weighted by Crippen LogP contribution is -2.13. The van der Waals surface area contributed by atoms with Gasteiger partial charge in [0, 0.05) is 10.1 Å². The van der Waals surface area contributed by atoms with Gasteiger partial charge in [-0.1, -0.05) is 29.8 Å². The fraction of sp³-hybridized carbons (Fsp3) is 0.125. The molecule has 0 fully saturated rings. The SMILES string of the molecule is CCOC(=O)c1c(NC(=O)c2ccc(Cl)s2)sc2ccccc12. The Bertz CT molecular complexity index is 884. The molecule has 3 aromatic rings. The number of amides is 1. The van der Waals surface area contributed by atoms with E-state index in [2.05, 4.69) is 5.32 Å². The lowest BCUT2D eigenvalue weighted by Gasteiger charge is -2.05. The van der Waals surface area contributed by atoms with Gasteiger partial charge >= 0.3 is 5.97 Å². The summed E-state index contributed by atoms with van der Waals surface area (Å²) in [6, 6.07) is 10.8. The molecule has 0 aliphatic heterocycles. The van der Waals surface area contributed by atoms with Crippen LogP contribution in [0.15, 0.2) is 36.4 Å². The maximum Gasteiger partial charge on any atom is 0.341 e. The normalized spacial score (nSPS) is 10.7. The highest BCUT2D eigenvalue weighted by molar-refractivity contribution is 7.23. The van der Waals surface area contributed by atoms with Crippen LogP contribution in [-0.4, -0.2) is 18.5 Å². The number of anilines is 1. The molecule has 0 radical (unpaired) electrons. The van der Waals surface area contributed by atoms with Gasteiger partial charge in [0.2, 0.25) is 0 Å². The molecule has 118 valence electrons. The van der Waals surface area contributed by atoms with E-state index in [9.17, 15) is 9.59 Å². The van der Waals surface area contributed by atoms with Crippen molar-refractivity contribution in [2.24, 2.45) is 0 Å². The van der Waals surface area contributed by atoms with E-state index in [0.717, 1.165) is 10.1 Å². The Hall–Kier alpha value is -1.89. The molecule has 0 spiro atoms. The minimum Gasteiger partial charge on any atom is -0.462 e. The molecule has 0 aliphatic carbocycles. The molecule has 7 heteroatoms. The van der Waals surface area contributed by atoms with Crippen molar-refractivity contribution in [2.75, 3.05) is 11.9 Å². The maximum atomic E-state index is 12.3. The third-order valence-electron chi connectivity index (χ3n) is 3.10. The van der Waals surface area contributed by atoms with Crippen LogP contribution in [0.5, 0.6) is 0 Å². The minimum atomic E-state index is -0.440. The van der Waals surface area contributed by atoms with Crippen molar-refractivity contribution < 1.29 is 14.3 Å². The van der Waals surface area contributed by atoms with Crippen LogP contribution >= 0.6 is 34.3 Å². The van der Waals surface area contributed by atoms with Crippen LogP contribution in [0, 0.1) is 0 Å². The topological polar surface area (TPSA) is 55.4 Å². The standard InChI is InChI=1S/C16H12ClNO3S2/c1-2-21-16(20)13-9-5-3-4-6-10(9)23-15(13)18-14(19)11-7-8-12(17)22-11/h3-8H,2H2,1H3,(H,18,19). The van der Waals surface area contributed by atoms with Crippen LogP contribution in [0.2, 0.25) is 4.34 Å². The molecule has 1 aromatic carbocycles. The van der Waals surface area contributed by atoms with Gasteiger partial charge in [0.05, 0.1) is 15.8 Å². The van der Waals surface area contributed by atoms with E-state index < -0.39 is 5.97 Å². The van der Waals surface area contributed by atoms with E-state index in [1.165, 1.54) is 22.7 Å². The number of fused-ring (bicyclic) bond motifs is 1. The van der Waals surface area contributed by atoms with Crippen LogP contribution < -0.4 is 5.32 Å². The van der Waals surface area contributed by atoms with Gasteiger partial charge in [-0.05, 0) is 25.1 Å². The smallest absolute Gasteiger partial charge is 0.341 e. The molecule has 0 saturated heterocycles. The van der Waals surface area contributed by atoms with Gasteiger partial charge in [-0.2, -0.15) is 0 Å². The number of rotatable bonds is 4. The van der Waals surface area contributed by atoms with E-state index in [4.69, 9.17) is 16.3 Å². The number of carbonyl (C=O) groups is 2. The Kier molecular flexibility index (Phi) is 4.66. The quantitative estimate of drug-likeness (QED) is 0.658. The first-order valence-electron chi connectivity index (χ1n) is 6.85. The van der Waals surface area contributed by atoms with E-state index >= 15 is 0 Å². The molecule has 2 heterocycles. The van der Waals surface area contributed by atoms with Gasteiger partial charge in [0.15, 0.2) is 0 Å². The summed E-state index contributed by atoms with van der Waals surface area (Å²) in [5.41, 5.74) is 0.392. The molecule has 1 amide bonds. The molecule has 0 aliphatic rings. The summed E-state index contributed by atoms with van der Waals surface area (Å²) >= 11 is 8.40. The molecule has 1 N–H and O–H groups in total. The Morgan fingerprint density at radius 1 is 1.17 bits per heavy atom.